The normalized spacial score (nSPS) is 26.7. The summed E-state index contributed by atoms with van der Waals surface area (Å²) in [6, 6.07) is 11.4. The van der Waals surface area contributed by atoms with Gasteiger partial charge in [0.25, 0.3) is 5.69 Å². The molecule has 3 fully saturated rings. The molecular formula is C22H18N2O6. The maximum absolute atomic E-state index is 12.9. The fourth-order valence-electron chi connectivity index (χ4n) is 5.21. The molecule has 2 aliphatic carbocycles. The van der Waals surface area contributed by atoms with E-state index in [4.69, 9.17) is 4.74 Å². The second kappa shape index (κ2) is 6.76. The molecule has 2 aromatic rings. The predicted molar refractivity (Wildman–Crippen MR) is 105 cm³/mol. The van der Waals surface area contributed by atoms with Crippen LogP contribution in [0.25, 0.3) is 0 Å². The average Bonchev–Trinajstić information content (AvgIpc) is 3.42. The number of nitro groups is 1. The van der Waals surface area contributed by atoms with Crippen molar-refractivity contribution in [3.63, 3.8) is 0 Å². The number of nitrogens with zero attached hydrogens (tertiary/aromatic N) is 2. The first kappa shape index (κ1) is 18.5. The van der Waals surface area contributed by atoms with Crippen LogP contribution in [0.15, 0.2) is 48.5 Å². The SMILES string of the molecule is O=C(Oc1ccc([N+](=O)[O-])cc1)c1ccc(N2C(=O)[C@@H]3[C@H]4CC[C@H](C4)[C@@H]3C2=O)cc1. The third-order valence-corrected chi connectivity index (χ3v) is 6.55. The molecule has 1 aliphatic heterocycles. The third kappa shape index (κ3) is 2.79. The second-order valence-corrected chi connectivity index (χ2v) is 8.08. The summed E-state index contributed by atoms with van der Waals surface area (Å²) < 4.78 is 5.23. The van der Waals surface area contributed by atoms with E-state index >= 15 is 0 Å². The minimum atomic E-state index is -0.635. The van der Waals surface area contributed by atoms with Gasteiger partial charge < -0.3 is 4.74 Å². The van der Waals surface area contributed by atoms with Crippen molar-refractivity contribution in [1.29, 1.82) is 0 Å². The Morgan fingerprint density at radius 1 is 0.933 bits per heavy atom. The Bertz CT molecular complexity index is 1030. The predicted octanol–water partition coefficient (Wildman–Crippen LogP) is 3.35. The van der Waals surface area contributed by atoms with Crippen LogP contribution in [-0.2, 0) is 9.59 Å². The molecule has 1 saturated heterocycles. The molecule has 2 amide bonds. The Morgan fingerprint density at radius 3 is 2.03 bits per heavy atom. The summed E-state index contributed by atoms with van der Waals surface area (Å²) >= 11 is 0. The van der Waals surface area contributed by atoms with Crippen LogP contribution in [0, 0.1) is 33.8 Å². The van der Waals surface area contributed by atoms with E-state index in [1.807, 2.05) is 0 Å². The lowest BCUT2D eigenvalue weighted by Crippen LogP contribution is -2.32. The zero-order valence-electron chi connectivity index (χ0n) is 15.9. The molecule has 0 radical (unpaired) electrons. The van der Waals surface area contributed by atoms with Crippen molar-refractivity contribution in [2.24, 2.45) is 23.7 Å². The number of non-ortho nitro benzene ring substituents is 1. The van der Waals surface area contributed by atoms with Crippen LogP contribution in [0.1, 0.15) is 29.6 Å². The maximum atomic E-state index is 12.9. The van der Waals surface area contributed by atoms with Crippen LogP contribution in [0.5, 0.6) is 5.75 Å². The molecule has 3 aliphatic rings. The zero-order chi connectivity index (χ0) is 21.0. The first-order chi connectivity index (χ1) is 14.4. The lowest BCUT2D eigenvalue weighted by atomic mass is 9.81. The number of amides is 2. The largest absolute Gasteiger partial charge is 0.423 e. The molecule has 1 heterocycles. The molecule has 2 saturated carbocycles. The van der Waals surface area contributed by atoms with E-state index in [2.05, 4.69) is 0 Å². The number of benzene rings is 2. The standard InChI is InChI=1S/C22H18N2O6/c25-20-18-13-1-2-14(11-13)19(18)21(26)23(20)15-5-3-12(4-6-15)22(27)30-17-9-7-16(8-10-17)24(28)29/h3-10,13-14,18-19H,1-2,11H2/t13-,14+,18+,19-. The number of fused-ring (bicyclic) bond motifs is 5. The van der Waals surface area contributed by atoms with Crippen molar-refractivity contribution in [3.8, 4) is 5.75 Å². The number of hydrogen-bond donors (Lipinski definition) is 0. The van der Waals surface area contributed by atoms with E-state index in [0.717, 1.165) is 19.3 Å². The quantitative estimate of drug-likeness (QED) is 0.253. The Kier molecular flexibility index (Phi) is 4.16. The highest BCUT2D eigenvalue weighted by Gasteiger charge is 2.61. The molecule has 8 heteroatoms. The van der Waals surface area contributed by atoms with E-state index in [-0.39, 0.29) is 40.7 Å². The Morgan fingerprint density at radius 2 is 1.50 bits per heavy atom. The van der Waals surface area contributed by atoms with E-state index < -0.39 is 10.9 Å². The zero-order valence-corrected chi connectivity index (χ0v) is 15.9. The minimum Gasteiger partial charge on any atom is -0.423 e. The molecule has 0 aromatic heterocycles. The lowest BCUT2D eigenvalue weighted by molar-refractivity contribution is -0.384. The summed E-state index contributed by atoms with van der Waals surface area (Å²) in [4.78, 5) is 49.5. The molecule has 8 nitrogen and oxygen atoms in total. The number of esters is 1. The molecule has 0 N–H and O–H groups in total. The van der Waals surface area contributed by atoms with Gasteiger partial charge in [0.1, 0.15) is 5.75 Å². The van der Waals surface area contributed by atoms with Gasteiger partial charge in [0.05, 0.1) is 28.0 Å². The van der Waals surface area contributed by atoms with E-state index in [1.165, 1.54) is 41.3 Å². The van der Waals surface area contributed by atoms with Crippen LogP contribution in [0.4, 0.5) is 11.4 Å². The maximum Gasteiger partial charge on any atom is 0.343 e. The summed E-state index contributed by atoms with van der Waals surface area (Å²) in [5.41, 5.74) is 0.611. The van der Waals surface area contributed by atoms with Gasteiger partial charge in [0.2, 0.25) is 11.8 Å². The van der Waals surface area contributed by atoms with Crippen molar-refractivity contribution < 1.29 is 24.0 Å². The van der Waals surface area contributed by atoms with Gasteiger partial charge in [-0.25, -0.2) is 4.79 Å². The summed E-state index contributed by atoms with van der Waals surface area (Å²) in [6.45, 7) is 0. The van der Waals surface area contributed by atoms with Gasteiger partial charge in [0.15, 0.2) is 0 Å². The van der Waals surface area contributed by atoms with Gasteiger partial charge in [-0.2, -0.15) is 0 Å². The molecule has 5 rings (SSSR count). The van der Waals surface area contributed by atoms with Crippen molar-refractivity contribution in [2.75, 3.05) is 4.90 Å². The lowest BCUT2D eigenvalue weighted by Gasteiger charge is -2.19. The topological polar surface area (TPSA) is 107 Å². The number of ether oxygens (including phenoxy) is 1. The first-order valence-electron chi connectivity index (χ1n) is 9.88. The summed E-state index contributed by atoms with van der Waals surface area (Å²) in [7, 11) is 0. The Balaban J connectivity index is 1.31. The summed E-state index contributed by atoms with van der Waals surface area (Å²) in [5, 5.41) is 10.7. The van der Waals surface area contributed by atoms with Gasteiger partial charge in [-0.05, 0) is 67.5 Å². The van der Waals surface area contributed by atoms with Crippen molar-refractivity contribution in [2.45, 2.75) is 19.3 Å². The number of imide groups is 1. The van der Waals surface area contributed by atoms with E-state index in [9.17, 15) is 24.5 Å². The van der Waals surface area contributed by atoms with Gasteiger partial charge in [-0.3, -0.25) is 24.6 Å². The molecule has 4 atom stereocenters. The van der Waals surface area contributed by atoms with Crippen LogP contribution in [-0.4, -0.2) is 22.7 Å². The molecule has 2 aromatic carbocycles. The van der Waals surface area contributed by atoms with Gasteiger partial charge >= 0.3 is 5.97 Å². The summed E-state index contributed by atoms with van der Waals surface area (Å²) in [5.74, 6) is -0.454. The molecule has 2 bridgehead atoms. The van der Waals surface area contributed by atoms with Crippen molar-refractivity contribution in [1.82, 2.24) is 0 Å². The average molecular weight is 406 g/mol. The van der Waals surface area contributed by atoms with Crippen LogP contribution in [0.2, 0.25) is 0 Å². The Labute approximate surface area is 171 Å². The van der Waals surface area contributed by atoms with Gasteiger partial charge in [-0.15, -0.1) is 0 Å². The number of hydrogen-bond acceptors (Lipinski definition) is 6. The number of rotatable bonds is 4. The first-order valence-corrected chi connectivity index (χ1v) is 9.88. The van der Waals surface area contributed by atoms with Crippen LogP contribution < -0.4 is 9.64 Å². The second-order valence-electron chi connectivity index (χ2n) is 8.08. The molecule has 0 unspecified atom stereocenters. The molecule has 152 valence electrons. The highest BCUT2D eigenvalue weighted by atomic mass is 16.6. The fourth-order valence-corrected chi connectivity index (χ4v) is 5.21. The molecular weight excluding hydrogens is 388 g/mol. The number of anilines is 1. The van der Waals surface area contributed by atoms with E-state index in [0.29, 0.717) is 17.5 Å². The van der Waals surface area contributed by atoms with Gasteiger partial charge in [0, 0.05) is 12.1 Å². The monoisotopic (exact) mass is 406 g/mol. The highest BCUT2D eigenvalue weighted by molar-refractivity contribution is 6.22. The molecule has 30 heavy (non-hydrogen) atoms. The van der Waals surface area contributed by atoms with E-state index in [1.54, 1.807) is 12.1 Å². The van der Waals surface area contributed by atoms with Crippen LogP contribution >= 0.6 is 0 Å². The fraction of sp³-hybridized carbons (Fsp3) is 0.318. The number of carbonyl (C=O) groups is 3. The Hall–Kier alpha value is -3.55. The number of carbonyl (C=O) groups excluding carboxylic acids is 3. The minimum absolute atomic E-state index is 0.0997. The van der Waals surface area contributed by atoms with Gasteiger partial charge in [-0.1, -0.05) is 0 Å². The van der Waals surface area contributed by atoms with Crippen molar-refractivity contribution in [3.05, 3.63) is 64.2 Å². The molecule has 0 spiro atoms. The smallest absolute Gasteiger partial charge is 0.343 e. The van der Waals surface area contributed by atoms with Crippen molar-refractivity contribution >= 4 is 29.2 Å². The number of nitro benzene ring substituents is 1. The summed E-state index contributed by atoms with van der Waals surface area (Å²) in [6.07, 6.45) is 3.02. The third-order valence-electron chi connectivity index (χ3n) is 6.55. The van der Waals surface area contributed by atoms with Crippen LogP contribution in [0.3, 0.4) is 0 Å². The highest BCUT2D eigenvalue weighted by Crippen LogP contribution is 2.56.